The van der Waals surface area contributed by atoms with E-state index in [2.05, 4.69) is 5.32 Å². The maximum atomic E-state index is 12.9. The highest BCUT2D eigenvalue weighted by molar-refractivity contribution is 5.97. The molecule has 1 aromatic carbocycles. The Labute approximate surface area is 135 Å². The average Bonchev–Trinajstić information content (AvgIpc) is 2.52. The van der Waals surface area contributed by atoms with Crippen LogP contribution in [0.1, 0.15) is 31.1 Å². The number of amides is 2. The summed E-state index contributed by atoms with van der Waals surface area (Å²) in [6.07, 6.45) is -0.00619. The number of nitrogens with one attached hydrogen (secondary N) is 1. The quantitative estimate of drug-likeness (QED) is 0.920. The van der Waals surface area contributed by atoms with Gasteiger partial charge in [0.2, 0.25) is 5.91 Å². The zero-order valence-corrected chi connectivity index (χ0v) is 13.7. The van der Waals surface area contributed by atoms with Crippen LogP contribution >= 0.6 is 0 Å². The van der Waals surface area contributed by atoms with Crippen LogP contribution in [-0.2, 0) is 9.53 Å². The molecule has 1 aliphatic rings. The normalized spacial score (nSPS) is 19.5. The Morgan fingerprint density at radius 1 is 1.30 bits per heavy atom. The number of hydrogen-bond donors (Lipinski definition) is 1. The lowest BCUT2D eigenvalue weighted by molar-refractivity contribution is -0.141. The number of ether oxygens (including phenoxy) is 1. The Bertz CT molecular complexity index is 559. The van der Waals surface area contributed by atoms with Crippen LogP contribution in [0.25, 0.3) is 0 Å². The number of benzene rings is 1. The number of carbonyl (C=O) groups excluding carboxylic acids is 2. The molecular weight excluding hydrogens is 299 g/mol. The van der Waals surface area contributed by atoms with Gasteiger partial charge in [0.05, 0.1) is 12.7 Å². The largest absolute Gasteiger partial charge is 0.375 e. The molecule has 2 rings (SSSR count). The zero-order valence-electron chi connectivity index (χ0n) is 13.7. The van der Waals surface area contributed by atoms with Gasteiger partial charge in [-0.05, 0) is 37.1 Å². The lowest BCUT2D eigenvalue weighted by Gasteiger charge is -2.35. The van der Waals surface area contributed by atoms with E-state index in [1.165, 1.54) is 24.3 Å². The third kappa shape index (κ3) is 4.51. The fourth-order valence-electron chi connectivity index (χ4n) is 2.55. The van der Waals surface area contributed by atoms with Crippen molar-refractivity contribution in [3.05, 3.63) is 35.6 Å². The first-order valence-electron chi connectivity index (χ1n) is 7.85. The van der Waals surface area contributed by atoms with Crippen molar-refractivity contribution in [2.75, 3.05) is 19.7 Å². The van der Waals surface area contributed by atoms with Crippen LogP contribution in [0.5, 0.6) is 0 Å². The first kappa shape index (κ1) is 17.4. The Morgan fingerprint density at radius 2 is 1.96 bits per heavy atom. The minimum Gasteiger partial charge on any atom is -0.375 e. The molecule has 1 saturated heterocycles. The second-order valence-corrected chi connectivity index (χ2v) is 6.17. The lowest BCUT2D eigenvalue weighted by atomic mass is 10.0. The second kappa shape index (κ2) is 7.55. The van der Waals surface area contributed by atoms with Crippen LogP contribution in [0.15, 0.2) is 24.3 Å². The summed E-state index contributed by atoms with van der Waals surface area (Å²) >= 11 is 0. The van der Waals surface area contributed by atoms with Crippen LogP contribution in [0.4, 0.5) is 4.39 Å². The van der Waals surface area contributed by atoms with Gasteiger partial charge in [-0.2, -0.15) is 0 Å². The number of hydrogen-bond acceptors (Lipinski definition) is 3. The molecule has 0 bridgehead atoms. The predicted molar refractivity (Wildman–Crippen MR) is 84.5 cm³/mol. The minimum absolute atomic E-state index is 0.00619. The van der Waals surface area contributed by atoms with E-state index >= 15 is 0 Å². The van der Waals surface area contributed by atoms with Crippen LogP contribution in [-0.4, -0.2) is 48.6 Å². The van der Waals surface area contributed by atoms with Gasteiger partial charge in [0.15, 0.2) is 0 Å². The van der Waals surface area contributed by atoms with E-state index in [0.29, 0.717) is 25.3 Å². The van der Waals surface area contributed by atoms with Crippen molar-refractivity contribution in [2.45, 2.75) is 32.9 Å². The molecule has 126 valence electrons. The van der Waals surface area contributed by atoms with E-state index in [1.807, 2.05) is 20.8 Å². The first-order chi connectivity index (χ1) is 10.9. The molecule has 23 heavy (non-hydrogen) atoms. The molecule has 0 radical (unpaired) electrons. The predicted octanol–water partition coefficient (Wildman–Crippen LogP) is 1.83. The summed E-state index contributed by atoms with van der Waals surface area (Å²) in [6, 6.07) is 4.65. The number of halogens is 1. The van der Waals surface area contributed by atoms with Gasteiger partial charge in [0, 0.05) is 18.7 Å². The number of nitrogens with zero attached hydrogens (tertiary/aromatic N) is 1. The molecule has 6 heteroatoms. The number of morpholine rings is 1. The van der Waals surface area contributed by atoms with Crippen molar-refractivity contribution < 1.29 is 18.7 Å². The van der Waals surface area contributed by atoms with Gasteiger partial charge < -0.3 is 15.0 Å². The van der Waals surface area contributed by atoms with Crippen LogP contribution in [0.3, 0.4) is 0 Å². The van der Waals surface area contributed by atoms with Crippen molar-refractivity contribution >= 4 is 11.8 Å². The summed E-state index contributed by atoms with van der Waals surface area (Å²) in [7, 11) is 0. The third-order valence-corrected chi connectivity index (χ3v) is 3.88. The molecule has 1 aromatic rings. The Hall–Kier alpha value is -1.95. The van der Waals surface area contributed by atoms with E-state index in [0.717, 1.165) is 0 Å². The summed E-state index contributed by atoms with van der Waals surface area (Å²) in [5.74, 6) is -0.936. The molecule has 0 aliphatic carbocycles. The SMILES string of the molecule is CC1CN(C(=O)C(NC(=O)c2ccc(F)cc2)C(C)C)CCO1. The maximum Gasteiger partial charge on any atom is 0.251 e. The molecule has 1 N–H and O–H groups in total. The summed E-state index contributed by atoms with van der Waals surface area (Å²) < 4.78 is 18.4. The van der Waals surface area contributed by atoms with Crippen LogP contribution in [0.2, 0.25) is 0 Å². The highest BCUT2D eigenvalue weighted by Crippen LogP contribution is 2.12. The van der Waals surface area contributed by atoms with Gasteiger partial charge in [0.25, 0.3) is 5.91 Å². The summed E-state index contributed by atoms with van der Waals surface area (Å²) in [5, 5.41) is 2.77. The summed E-state index contributed by atoms with van der Waals surface area (Å²) in [4.78, 5) is 26.7. The lowest BCUT2D eigenvalue weighted by Crippen LogP contribution is -2.55. The zero-order chi connectivity index (χ0) is 17.0. The fourth-order valence-corrected chi connectivity index (χ4v) is 2.55. The average molecular weight is 322 g/mol. The van der Waals surface area contributed by atoms with Crippen LogP contribution < -0.4 is 5.32 Å². The summed E-state index contributed by atoms with van der Waals surface area (Å²) in [6.45, 7) is 7.24. The fraction of sp³-hybridized carbons (Fsp3) is 0.529. The number of carbonyl (C=O) groups is 2. The standard InChI is InChI=1S/C17H23FN2O3/c1-11(2)15(17(22)20-8-9-23-12(3)10-20)19-16(21)13-4-6-14(18)7-5-13/h4-7,11-12,15H,8-10H2,1-3H3,(H,19,21). The van der Waals surface area contributed by atoms with Gasteiger partial charge in [-0.3, -0.25) is 9.59 Å². The van der Waals surface area contributed by atoms with Gasteiger partial charge in [-0.15, -0.1) is 0 Å². The molecule has 2 amide bonds. The second-order valence-electron chi connectivity index (χ2n) is 6.17. The van der Waals surface area contributed by atoms with Gasteiger partial charge >= 0.3 is 0 Å². The number of rotatable bonds is 4. The smallest absolute Gasteiger partial charge is 0.251 e. The molecule has 2 atom stereocenters. The topological polar surface area (TPSA) is 58.6 Å². The van der Waals surface area contributed by atoms with E-state index < -0.39 is 11.9 Å². The van der Waals surface area contributed by atoms with E-state index in [9.17, 15) is 14.0 Å². The Morgan fingerprint density at radius 3 is 2.52 bits per heavy atom. The van der Waals surface area contributed by atoms with Gasteiger partial charge in [0.1, 0.15) is 11.9 Å². The Balaban J connectivity index is 2.07. The van der Waals surface area contributed by atoms with Gasteiger partial charge in [-0.25, -0.2) is 4.39 Å². The van der Waals surface area contributed by atoms with E-state index in [-0.39, 0.29) is 23.8 Å². The van der Waals surface area contributed by atoms with Crippen molar-refractivity contribution in [1.29, 1.82) is 0 Å². The highest BCUT2D eigenvalue weighted by Gasteiger charge is 2.31. The molecule has 5 nitrogen and oxygen atoms in total. The molecule has 1 aliphatic heterocycles. The van der Waals surface area contributed by atoms with Crippen molar-refractivity contribution in [1.82, 2.24) is 10.2 Å². The molecule has 0 saturated carbocycles. The maximum absolute atomic E-state index is 12.9. The third-order valence-electron chi connectivity index (χ3n) is 3.88. The highest BCUT2D eigenvalue weighted by atomic mass is 19.1. The van der Waals surface area contributed by atoms with Crippen molar-refractivity contribution in [3.63, 3.8) is 0 Å². The minimum atomic E-state index is -0.613. The molecule has 0 spiro atoms. The van der Waals surface area contributed by atoms with Gasteiger partial charge in [-0.1, -0.05) is 13.8 Å². The first-order valence-corrected chi connectivity index (χ1v) is 7.85. The van der Waals surface area contributed by atoms with E-state index in [1.54, 1.807) is 4.90 Å². The van der Waals surface area contributed by atoms with Crippen molar-refractivity contribution in [3.8, 4) is 0 Å². The van der Waals surface area contributed by atoms with Crippen molar-refractivity contribution in [2.24, 2.45) is 5.92 Å². The molecule has 2 unspecified atom stereocenters. The van der Waals surface area contributed by atoms with E-state index in [4.69, 9.17) is 4.74 Å². The molecule has 1 heterocycles. The molecular formula is C17H23FN2O3. The summed E-state index contributed by atoms with van der Waals surface area (Å²) in [5.41, 5.74) is 0.334. The molecule has 0 aromatic heterocycles. The Kier molecular flexibility index (Phi) is 5.71. The monoisotopic (exact) mass is 322 g/mol. The molecule has 1 fully saturated rings. The van der Waals surface area contributed by atoms with Crippen LogP contribution in [0, 0.1) is 11.7 Å².